The zero-order valence-electron chi connectivity index (χ0n) is 12.8. The van der Waals surface area contributed by atoms with E-state index in [0.717, 1.165) is 0 Å². The summed E-state index contributed by atoms with van der Waals surface area (Å²) < 4.78 is 16.1. The third kappa shape index (κ3) is 6.08. The van der Waals surface area contributed by atoms with Gasteiger partial charge in [0.25, 0.3) is 0 Å². The van der Waals surface area contributed by atoms with E-state index in [4.69, 9.17) is 25.8 Å². The molecule has 2 aromatic carbocycles. The average Bonchev–Trinajstić information content (AvgIpc) is 2.53. The van der Waals surface area contributed by atoms with Gasteiger partial charge in [0.15, 0.2) is 0 Å². The summed E-state index contributed by atoms with van der Waals surface area (Å²) in [6.07, 6.45) is -0.443. The molecule has 2 rings (SSSR count). The van der Waals surface area contributed by atoms with E-state index in [-0.39, 0.29) is 13.2 Å². The molecule has 1 amide bonds. The van der Waals surface area contributed by atoms with E-state index in [1.54, 1.807) is 36.4 Å². The lowest BCUT2D eigenvalue weighted by molar-refractivity contribution is 0.125. The van der Waals surface area contributed by atoms with Crippen LogP contribution in [0.15, 0.2) is 48.5 Å². The molecule has 6 heteroatoms. The molecule has 0 aliphatic rings. The van der Waals surface area contributed by atoms with E-state index in [9.17, 15) is 4.79 Å². The molecule has 0 unspecified atom stereocenters. The van der Waals surface area contributed by atoms with E-state index in [2.05, 4.69) is 5.32 Å². The Bertz CT molecular complexity index is 631. The number of carbonyl (C=O) groups excluding carboxylic acids is 1. The van der Waals surface area contributed by atoms with Gasteiger partial charge in [-0.2, -0.15) is 0 Å². The maximum Gasteiger partial charge on any atom is 0.407 e. The van der Waals surface area contributed by atoms with Gasteiger partial charge in [-0.15, -0.1) is 0 Å². The quantitative estimate of drug-likeness (QED) is 0.768. The Kier molecular flexibility index (Phi) is 6.56. The summed E-state index contributed by atoms with van der Waals surface area (Å²) in [6, 6.07) is 14.3. The van der Waals surface area contributed by atoms with Crippen LogP contribution in [0, 0.1) is 0 Å². The van der Waals surface area contributed by atoms with Crippen LogP contribution in [0.3, 0.4) is 0 Å². The van der Waals surface area contributed by atoms with Crippen molar-refractivity contribution in [3.63, 3.8) is 0 Å². The van der Waals surface area contributed by atoms with Gasteiger partial charge in [-0.1, -0.05) is 17.7 Å². The zero-order chi connectivity index (χ0) is 16.5. The van der Waals surface area contributed by atoms with E-state index in [0.29, 0.717) is 28.8 Å². The van der Waals surface area contributed by atoms with Gasteiger partial charge in [0.2, 0.25) is 0 Å². The topological polar surface area (TPSA) is 56.8 Å². The average molecular weight is 336 g/mol. The van der Waals surface area contributed by atoms with E-state index >= 15 is 0 Å². The first kappa shape index (κ1) is 17.0. The van der Waals surface area contributed by atoms with Crippen LogP contribution in [0.1, 0.15) is 6.92 Å². The molecule has 0 atom stereocenters. The number of rotatable bonds is 7. The van der Waals surface area contributed by atoms with Crippen molar-refractivity contribution < 1.29 is 19.0 Å². The molecule has 0 aromatic heterocycles. The summed E-state index contributed by atoms with van der Waals surface area (Å²) in [6.45, 7) is 2.83. The van der Waals surface area contributed by atoms with Crippen LogP contribution >= 0.6 is 11.6 Å². The number of hydrogen-bond donors (Lipinski definition) is 1. The van der Waals surface area contributed by atoms with Crippen molar-refractivity contribution in [3.8, 4) is 17.2 Å². The smallest absolute Gasteiger partial charge is 0.407 e. The summed E-state index contributed by atoms with van der Waals surface area (Å²) in [5, 5.41) is 3.16. The number of nitrogens with one attached hydrogen (secondary N) is 1. The number of alkyl carbamates (subject to hydrolysis) is 1. The van der Waals surface area contributed by atoms with Crippen molar-refractivity contribution in [2.75, 3.05) is 19.8 Å². The first-order valence-electron chi connectivity index (χ1n) is 7.24. The van der Waals surface area contributed by atoms with Crippen molar-refractivity contribution in [1.82, 2.24) is 5.32 Å². The SMILES string of the molecule is CCNC(=O)OCCOc1ccc(Oc2cccc(Cl)c2)cc1. The van der Waals surface area contributed by atoms with E-state index < -0.39 is 6.09 Å². The Labute approximate surface area is 140 Å². The fourth-order valence-electron chi connectivity index (χ4n) is 1.76. The molecule has 0 radical (unpaired) electrons. The van der Waals surface area contributed by atoms with Gasteiger partial charge in [0.1, 0.15) is 30.5 Å². The molecule has 0 aliphatic heterocycles. The summed E-state index contributed by atoms with van der Waals surface area (Å²) in [5.74, 6) is 2.02. The van der Waals surface area contributed by atoms with Crippen LogP contribution < -0.4 is 14.8 Å². The van der Waals surface area contributed by atoms with Gasteiger partial charge in [-0.05, 0) is 49.4 Å². The molecule has 0 saturated heterocycles. The fourth-order valence-corrected chi connectivity index (χ4v) is 1.94. The molecular formula is C17H18ClNO4. The Morgan fingerprint density at radius 3 is 2.48 bits per heavy atom. The monoisotopic (exact) mass is 335 g/mol. The van der Waals surface area contributed by atoms with Crippen LogP contribution in [0.5, 0.6) is 17.2 Å². The maximum absolute atomic E-state index is 11.1. The third-order valence-electron chi connectivity index (χ3n) is 2.76. The molecule has 0 saturated carbocycles. The molecule has 0 bridgehead atoms. The molecule has 1 N–H and O–H groups in total. The van der Waals surface area contributed by atoms with Gasteiger partial charge in [0, 0.05) is 11.6 Å². The van der Waals surface area contributed by atoms with Gasteiger partial charge in [0.05, 0.1) is 0 Å². The number of benzene rings is 2. The predicted octanol–water partition coefficient (Wildman–Crippen LogP) is 4.26. The number of amides is 1. The second-order valence-corrected chi connectivity index (χ2v) is 4.98. The Hall–Kier alpha value is -2.40. The summed E-state index contributed by atoms with van der Waals surface area (Å²) >= 11 is 5.91. The van der Waals surface area contributed by atoms with Crippen molar-refractivity contribution in [2.45, 2.75) is 6.92 Å². The van der Waals surface area contributed by atoms with Gasteiger partial charge < -0.3 is 19.5 Å². The lowest BCUT2D eigenvalue weighted by atomic mass is 10.3. The lowest BCUT2D eigenvalue weighted by Crippen LogP contribution is -2.25. The summed E-state index contributed by atoms with van der Waals surface area (Å²) in [4.78, 5) is 11.1. The summed E-state index contributed by atoms with van der Waals surface area (Å²) in [7, 11) is 0. The van der Waals surface area contributed by atoms with Gasteiger partial charge in [-0.25, -0.2) is 4.79 Å². The first-order chi connectivity index (χ1) is 11.2. The highest BCUT2D eigenvalue weighted by atomic mass is 35.5. The number of hydrogen-bond acceptors (Lipinski definition) is 4. The molecule has 122 valence electrons. The standard InChI is InChI=1S/C17H18ClNO4/c1-2-19-17(20)22-11-10-21-14-6-8-15(9-7-14)23-16-5-3-4-13(18)12-16/h3-9,12H,2,10-11H2,1H3,(H,19,20). The van der Waals surface area contributed by atoms with E-state index in [1.807, 2.05) is 19.1 Å². The second-order valence-electron chi connectivity index (χ2n) is 4.55. The molecule has 0 heterocycles. The van der Waals surface area contributed by atoms with Crippen molar-refractivity contribution in [1.29, 1.82) is 0 Å². The molecule has 0 spiro atoms. The van der Waals surface area contributed by atoms with Crippen LogP contribution in [0.4, 0.5) is 4.79 Å². The first-order valence-corrected chi connectivity index (χ1v) is 7.62. The van der Waals surface area contributed by atoms with Gasteiger partial charge in [-0.3, -0.25) is 0 Å². The minimum absolute atomic E-state index is 0.187. The zero-order valence-corrected chi connectivity index (χ0v) is 13.5. The van der Waals surface area contributed by atoms with Crippen LogP contribution in [0.2, 0.25) is 5.02 Å². The Morgan fingerprint density at radius 2 is 1.78 bits per heavy atom. The highest BCUT2D eigenvalue weighted by Crippen LogP contribution is 2.25. The minimum atomic E-state index is -0.443. The Morgan fingerprint density at radius 1 is 1.04 bits per heavy atom. The highest BCUT2D eigenvalue weighted by molar-refractivity contribution is 6.30. The lowest BCUT2D eigenvalue weighted by Gasteiger charge is -2.09. The van der Waals surface area contributed by atoms with Crippen LogP contribution in [0.25, 0.3) is 0 Å². The normalized spacial score (nSPS) is 10.0. The minimum Gasteiger partial charge on any atom is -0.490 e. The molecule has 0 fully saturated rings. The van der Waals surface area contributed by atoms with Crippen LogP contribution in [-0.4, -0.2) is 25.9 Å². The number of carbonyl (C=O) groups is 1. The van der Waals surface area contributed by atoms with Crippen molar-refractivity contribution in [3.05, 3.63) is 53.6 Å². The molecule has 2 aromatic rings. The number of ether oxygens (including phenoxy) is 3. The largest absolute Gasteiger partial charge is 0.490 e. The predicted molar refractivity (Wildman–Crippen MR) is 88.5 cm³/mol. The van der Waals surface area contributed by atoms with E-state index in [1.165, 1.54) is 0 Å². The molecular weight excluding hydrogens is 318 g/mol. The highest BCUT2D eigenvalue weighted by Gasteiger charge is 2.01. The fraction of sp³-hybridized carbons (Fsp3) is 0.235. The molecule has 23 heavy (non-hydrogen) atoms. The summed E-state index contributed by atoms with van der Waals surface area (Å²) in [5.41, 5.74) is 0. The van der Waals surface area contributed by atoms with Crippen LogP contribution in [-0.2, 0) is 4.74 Å². The Balaban J connectivity index is 1.77. The third-order valence-corrected chi connectivity index (χ3v) is 3.00. The molecule has 5 nitrogen and oxygen atoms in total. The van der Waals surface area contributed by atoms with Gasteiger partial charge >= 0.3 is 6.09 Å². The van der Waals surface area contributed by atoms with Crippen molar-refractivity contribution in [2.24, 2.45) is 0 Å². The maximum atomic E-state index is 11.1. The molecule has 0 aliphatic carbocycles. The number of halogens is 1. The van der Waals surface area contributed by atoms with Crippen molar-refractivity contribution >= 4 is 17.7 Å². The second kappa shape index (κ2) is 8.90.